The number of fused-ring (bicyclic) bond motifs is 1. The summed E-state index contributed by atoms with van der Waals surface area (Å²) >= 11 is 14.2. The Hall–Kier alpha value is -4.81. The lowest BCUT2D eigenvalue weighted by atomic mass is 9.96. The van der Waals surface area contributed by atoms with Crippen LogP contribution in [0.15, 0.2) is 71.5 Å². The standard InChI is InChI=1S/C38H37Cl2N7O4/c1-51-38-22(17-41-18-23-10-14-33(48)43-23)9-13-30(46-38)28-7-3-6-27(36(28)40)26-5-2-4-25(35(26)39)21-8-12-31-29(16-21)37(50)47-32(45-31)20-42-19-24-11-15-34(49)44-24/h2-9,12-13,16,23-24,41-42H,10-11,14-15,17-20H2,1H3,(H,43,48)(H,44,49)(H,45,47,50). The number of aromatic nitrogens is 3. The fourth-order valence-electron chi connectivity index (χ4n) is 6.69. The molecular weight excluding hydrogens is 689 g/mol. The number of pyridine rings is 1. The molecule has 2 unspecified atom stereocenters. The van der Waals surface area contributed by atoms with Crippen LogP contribution in [0, 0.1) is 0 Å². The number of halogens is 2. The molecule has 2 atom stereocenters. The summed E-state index contributed by atoms with van der Waals surface area (Å²) in [5, 5.41) is 14.0. The summed E-state index contributed by atoms with van der Waals surface area (Å²) in [7, 11) is 1.59. The first-order chi connectivity index (χ1) is 24.8. The van der Waals surface area contributed by atoms with E-state index in [1.54, 1.807) is 13.2 Å². The SMILES string of the molecule is COc1nc(-c2cccc(-c3cccc(-c4ccc5[nH]c(CNCC6CCC(=O)N6)nc(=O)c5c4)c3Cl)c2Cl)ccc1CNCC1CCC(=O)N1. The van der Waals surface area contributed by atoms with Gasteiger partial charge in [-0.2, -0.15) is 4.98 Å². The van der Waals surface area contributed by atoms with Crippen molar-refractivity contribution in [2.24, 2.45) is 0 Å². The molecule has 2 aromatic heterocycles. The van der Waals surface area contributed by atoms with Crippen molar-refractivity contribution < 1.29 is 14.3 Å². The van der Waals surface area contributed by atoms with E-state index >= 15 is 0 Å². The molecule has 0 saturated carbocycles. The van der Waals surface area contributed by atoms with Gasteiger partial charge in [-0.15, -0.1) is 0 Å². The van der Waals surface area contributed by atoms with Crippen molar-refractivity contribution in [3.8, 4) is 39.4 Å². The number of amides is 2. The van der Waals surface area contributed by atoms with Crippen LogP contribution in [0.1, 0.15) is 37.1 Å². The Bertz CT molecular complexity index is 2190. The molecule has 3 aromatic carbocycles. The molecule has 2 aliphatic rings. The van der Waals surface area contributed by atoms with E-state index in [0.717, 1.165) is 46.2 Å². The fraction of sp³-hybridized carbons (Fsp3) is 0.289. The van der Waals surface area contributed by atoms with Gasteiger partial charge in [0.15, 0.2) is 0 Å². The highest BCUT2D eigenvalue weighted by atomic mass is 35.5. The predicted octanol–water partition coefficient (Wildman–Crippen LogP) is 5.37. The van der Waals surface area contributed by atoms with Gasteiger partial charge in [-0.3, -0.25) is 14.4 Å². The van der Waals surface area contributed by atoms with Gasteiger partial charge in [-0.05, 0) is 36.6 Å². The van der Waals surface area contributed by atoms with Gasteiger partial charge >= 0.3 is 0 Å². The number of benzene rings is 3. The van der Waals surface area contributed by atoms with Crippen LogP contribution in [0.4, 0.5) is 0 Å². The van der Waals surface area contributed by atoms with Gasteiger partial charge in [-0.1, -0.05) is 71.7 Å². The Labute approximate surface area is 304 Å². The van der Waals surface area contributed by atoms with Crippen LogP contribution < -0.4 is 31.6 Å². The zero-order chi connectivity index (χ0) is 35.5. The maximum atomic E-state index is 13.1. The van der Waals surface area contributed by atoms with Crippen molar-refractivity contribution in [3.05, 3.63) is 98.5 Å². The second-order valence-electron chi connectivity index (χ2n) is 12.8. The summed E-state index contributed by atoms with van der Waals surface area (Å²) in [4.78, 5) is 48.4. The summed E-state index contributed by atoms with van der Waals surface area (Å²) in [6.07, 6.45) is 2.72. The normalized spacial score (nSPS) is 17.2. The zero-order valence-electron chi connectivity index (χ0n) is 27.9. The van der Waals surface area contributed by atoms with Gasteiger partial charge in [0.1, 0.15) is 5.82 Å². The van der Waals surface area contributed by atoms with Crippen LogP contribution in [0.5, 0.6) is 5.88 Å². The van der Waals surface area contributed by atoms with Crippen LogP contribution in [-0.4, -0.2) is 59.0 Å². The number of hydrogen-bond acceptors (Lipinski definition) is 8. The smallest absolute Gasteiger partial charge is 0.280 e. The number of ether oxygens (including phenoxy) is 1. The Balaban J connectivity index is 1.10. The summed E-state index contributed by atoms with van der Waals surface area (Å²) in [5.74, 6) is 1.16. The van der Waals surface area contributed by atoms with E-state index in [-0.39, 0.29) is 29.5 Å². The Morgan fingerprint density at radius 3 is 2.04 bits per heavy atom. The number of nitrogens with one attached hydrogen (secondary N) is 5. The fourth-order valence-corrected chi connectivity index (χ4v) is 7.35. The highest BCUT2D eigenvalue weighted by Gasteiger charge is 2.22. The van der Waals surface area contributed by atoms with Crippen molar-refractivity contribution >= 4 is 45.9 Å². The quantitative estimate of drug-likeness (QED) is 0.115. The number of aromatic amines is 1. The molecule has 0 bridgehead atoms. The molecule has 2 amide bonds. The average molecular weight is 727 g/mol. The number of H-pyrrole nitrogens is 1. The topological polar surface area (TPSA) is 150 Å². The maximum Gasteiger partial charge on any atom is 0.280 e. The van der Waals surface area contributed by atoms with Gasteiger partial charge in [0.2, 0.25) is 17.7 Å². The van der Waals surface area contributed by atoms with Gasteiger partial charge < -0.3 is 31.0 Å². The summed E-state index contributed by atoms with van der Waals surface area (Å²) in [6, 6.07) is 21.1. The molecule has 51 heavy (non-hydrogen) atoms. The molecular formula is C38H37Cl2N7O4. The minimum Gasteiger partial charge on any atom is -0.481 e. The third-order valence-corrected chi connectivity index (χ3v) is 10.1. The van der Waals surface area contributed by atoms with E-state index in [1.807, 2.05) is 60.7 Å². The monoisotopic (exact) mass is 725 g/mol. The minimum atomic E-state index is -0.341. The molecule has 2 saturated heterocycles. The number of hydrogen-bond donors (Lipinski definition) is 5. The lowest BCUT2D eigenvalue weighted by molar-refractivity contribution is -0.120. The van der Waals surface area contributed by atoms with Gasteiger partial charge in [-0.25, -0.2) is 4.98 Å². The number of carbonyl (C=O) groups is 2. The number of methoxy groups -OCH3 is 1. The Morgan fingerprint density at radius 1 is 0.765 bits per heavy atom. The van der Waals surface area contributed by atoms with Crippen molar-refractivity contribution in [3.63, 3.8) is 0 Å². The van der Waals surface area contributed by atoms with Crippen molar-refractivity contribution in [1.82, 2.24) is 36.2 Å². The van der Waals surface area contributed by atoms with Crippen LogP contribution in [0.3, 0.4) is 0 Å². The first-order valence-corrected chi connectivity index (χ1v) is 17.7. The molecule has 7 rings (SSSR count). The van der Waals surface area contributed by atoms with Crippen LogP contribution in [0.25, 0.3) is 44.4 Å². The molecule has 0 spiro atoms. The molecule has 11 nitrogen and oxygen atoms in total. The first kappa shape index (κ1) is 34.6. The molecule has 4 heterocycles. The van der Waals surface area contributed by atoms with E-state index in [1.165, 1.54) is 0 Å². The molecule has 262 valence electrons. The van der Waals surface area contributed by atoms with E-state index in [9.17, 15) is 14.4 Å². The number of nitrogens with zero attached hydrogens (tertiary/aromatic N) is 2. The second kappa shape index (κ2) is 15.2. The van der Waals surface area contributed by atoms with E-state index in [4.69, 9.17) is 32.9 Å². The average Bonchev–Trinajstić information content (AvgIpc) is 3.75. The van der Waals surface area contributed by atoms with E-state index in [0.29, 0.717) is 77.4 Å². The lowest BCUT2D eigenvalue weighted by Gasteiger charge is -2.16. The van der Waals surface area contributed by atoms with Gasteiger partial charge in [0, 0.05) is 72.4 Å². The summed E-state index contributed by atoms with van der Waals surface area (Å²) in [5.41, 5.74) is 5.58. The number of rotatable bonds is 12. The summed E-state index contributed by atoms with van der Waals surface area (Å²) in [6.45, 7) is 2.18. The van der Waals surface area contributed by atoms with Crippen molar-refractivity contribution in [2.45, 2.75) is 50.9 Å². The zero-order valence-corrected chi connectivity index (χ0v) is 29.5. The van der Waals surface area contributed by atoms with Crippen LogP contribution >= 0.6 is 23.2 Å². The largest absolute Gasteiger partial charge is 0.481 e. The molecule has 5 N–H and O–H groups in total. The highest BCUT2D eigenvalue weighted by molar-refractivity contribution is 6.39. The van der Waals surface area contributed by atoms with Crippen molar-refractivity contribution in [2.75, 3.05) is 20.2 Å². The highest BCUT2D eigenvalue weighted by Crippen LogP contribution is 2.42. The van der Waals surface area contributed by atoms with Crippen LogP contribution in [0.2, 0.25) is 10.0 Å². The lowest BCUT2D eigenvalue weighted by Crippen LogP contribution is -2.35. The van der Waals surface area contributed by atoms with E-state index < -0.39 is 0 Å². The second-order valence-corrected chi connectivity index (χ2v) is 13.6. The Kier molecular flexibility index (Phi) is 10.3. The third-order valence-electron chi connectivity index (χ3n) is 9.33. The van der Waals surface area contributed by atoms with Gasteiger partial charge in [0.25, 0.3) is 5.56 Å². The summed E-state index contributed by atoms with van der Waals surface area (Å²) < 4.78 is 5.64. The predicted molar refractivity (Wildman–Crippen MR) is 199 cm³/mol. The first-order valence-electron chi connectivity index (χ1n) is 16.9. The van der Waals surface area contributed by atoms with Crippen LogP contribution in [-0.2, 0) is 22.7 Å². The maximum absolute atomic E-state index is 13.1. The molecule has 2 aliphatic heterocycles. The molecule has 13 heteroatoms. The Morgan fingerprint density at radius 2 is 1.39 bits per heavy atom. The van der Waals surface area contributed by atoms with E-state index in [2.05, 4.69) is 31.2 Å². The van der Waals surface area contributed by atoms with Crippen molar-refractivity contribution in [1.29, 1.82) is 0 Å². The number of carbonyl (C=O) groups excluding carboxylic acids is 2. The molecule has 0 aliphatic carbocycles. The van der Waals surface area contributed by atoms with Gasteiger partial charge in [0.05, 0.1) is 40.3 Å². The molecule has 0 radical (unpaired) electrons. The molecule has 2 fully saturated rings. The molecule has 5 aromatic rings. The third kappa shape index (κ3) is 7.62. The minimum absolute atomic E-state index is 0.0652.